The fraction of sp³-hybridized carbons (Fsp3) is 0.176. The maximum Gasteiger partial charge on any atom is 0.269 e. The van der Waals surface area contributed by atoms with Crippen LogP contribution in [-0.4, -0.2) is 11.0 Å². The number of furan rings is 1. The van der Waals surface area contributed by atoms with Gasteiger partial charge in [-0.05, 0) is 49.2 Å². The first-order chi connectivity index (χ1) is 10.7. The zero-order valence-electron chi connectivity index (χ0n) is 11.7. The van der Waals surface area contributed by atoms with Crippen LogP contribution in [0.25, 0.3) is 11.3 Å². The van der Waals surface area contributed by atoms with Crippen molar-refractivity contribution in [3.8, 4) is 17.4 Å². The average molecular weight is 294 g/mol. The van der Waals surface area contributed by atoms with Crippen LogP contribution in [0.5, 0.6) is 0 Å². The first-order valence-corrected chi connectivity index (χ1v) is 6.97. The summed E-state index contributed by atoms with van der Waals surface area (Å²) in [7, 11) is 0. The molecule has 3 rings (SSSR count). The molecule has 1 aromatic carbocycles. The van der Waals surface area contributed by atoms with Gasteiger partial charge in [-0.1, -0.05) is 0 Å². The van der Waals surface area contributed by atoms with Gasteiger partial charge in [-0.3, -0.25) is 4.79 Å². The number of allylic oxidation sites excluding steroid dienone is 1. The smallest absolute Gasteiger partial charge is 0.269 e. The van der Waals surface area contributed by atoms with Gasteiger partial charge >= 0.3 is 0 Å². The Hall–Kier alpha value is -3.00. The highest BCUT2D eigenvalue weighted by atomic mass is 16.3. The molecule has 5 heteroatoms. The van der Waals surface area contributed by atoms with E-state index in [1.54, 1.807) is 30.5 Å². The molecule has 0 radical (unpaired) electrons. The van der Waals surface area contributed by atoms with Crippen molar-refractivity contribution in [3.63, 3.8) is 0 Å². The Labute approximate surface area is 127 Å². The van der Waals surface area contributed by atoms with E-state index in [0.29, 0.717) is 5.69 Å². The van der Waals surface area contributed by atoms with E-state index in [2.05, 4.69) is 5.32 Å². The van der Waals surface area contributed by atoms with Crippen LogP contribution in [0.15, 0.2) is 58.4 Å². The molecule has 22 heavy (non-hydrogen) atoms. The third-order valence-corrected chi connectivity index (χ3v) is 3.51. The van der Waals surface area contributed by atoms with E-state index >= 15 is 0 Å². The number of rotatable bonds is 4. The third-order valence-electron chi connectivity index (χ3n) is 3.51. The Balaban J connectivity index is 1.74. The summed E-state index contributed by atoms with van der Waals surface area (Å²) in [5.74, 6) is 0.00782. The van der Waals surface area contributed by atoms with E-state index in [9.17, 15) is 9.90 Å². The van der Waals surface area contributed by atoms with E-state index in [0.717, 1.165) is 24.2 Å². The molecule has 2 aromatic rings. The lowest BCUT2D eigenvalue weighted by Gasteiger charge is -2.06. The van der Waals surface area contributed by atoms with Crippen molar-refractivity contribution in [1.82, 2.24) is 0 Å². The second kappa shape index (κ2) is 5.78. The zero-order chi connectivity index (χ0) is 15.5. The number of benzene rings is 1. The number of hydrogen-bond acceptors (Lipinski definition) is 4. The number of carbonyl (C=O) groups is 1. The molecule has 0 spiro atoms. The zero-order valence-corrected chi connectivity index (χ0v) is 11.7. The van der Waals surface area contributed by atoms with Crippen molar-refractivity contribution in [2.75, 3.05) is 5.32 Å². The monoisotopic (exact) mass is 294 g/mol. The molecular weight excluding hydrogens is 280 g/mol. The van der Waals surface area contributed by atoms with Crippen molar-refractivity contribution >= 4 is 11.6 Å². The van der Waals surface area contributed by atoms with Gasteiger partial charge in [-0.25, -0.2) is 0 Å². The minimum atomic E-state index is -0.586. The van der Waals surface area contributed by atoms with Crippen LogP contribution >= 0.6 is 0 Å². The van der Waals surface area contributed by atoms with Crippen molar-refractivity contribution in [1.29, 1.82) is 5.26 Å². The Bertz CT molecular complexity index is 748. The highest BCUT2D eigenvalue weighted by Gasteiger charge is 2.30. The van der Waals surface area contributed by atoms with Gasteiger partial charge in [0.25, 0.3) is 5.91 Å². The number of nitrogens with zero attached hydrogens (tertiary/aromatic N) is 1. The van der Waals surface area contributed by atoms with Crippen molar-refractivity contribution in [2.24, 2.45) is 5.92 Å². The summed E-state index contributed by atoms with van der Waals surface area (Å²) >= 11 is 0. The topological polar surface area (TPSA) is 86.3 Å². The Kier molecular flexibility index (Phi) is 3.67. The maximum absolute atomic E-state index is 12.1. The van der Waals surface area contributed by atoms with E-state index in [1.165, 1.54) is 0 Å². The fourth-order valence-electron chi connectivity index (χ4n) is 2.14. The molecule has 0 unspecified atom stereocenters. The van der Waals surface area contributed by atoms with Gasteiger partial charge in [-0.2, -0.15) is 5.26 Å². The average Bonchev–Trinajstić information content (AvgIpc) is 3.24. The minimum absolute atomic E-state index is 0.0401. The van der Waals surface area contributed by atoms with Crippen LogP contribution in [0.3, 0.4) is 0 Å². The molecule has 1 saturated carbocycles. The molecule has 0 saturated heterocycles. The molecule has 0 atom stereocenters. The number of nitriles is 1. The van der Waals surface area contributed by atoms with Crippen LogP contribution in [0.1, 0.15) is 12.8 Å². The number of amides is 1. The summed E-state index contributed by atoms with van der Waals surface area (Å²) in [5.41, 5.74) is 1.23. The summed E-state index contributed by atoms with van der Waals surface area (Å²) in [4.78, 5) is 12.1. The Morgan fingerprint density at radius 1 is 1.27 bits per heavy atom. The Morgan fingerprint density at radius 2 is 2.00 bits per heavy atom. The highest BCUT2D eigenvalue weighted by molar-refractivity contribution is 6.07. The number of nitrogens with one attached hydrogen (secondary N) is 1. The predicted octanol–water partition coefficient (Wildman–Crippen LogP) is 3.63. The van der Waals surface area contributed by atoms with Crippen LogP contribution in [-0.2, 0) is 4.79 Å². The molecule has 1 amide bonds. The summed E-state index contributed by atoms with van der Waals surface area (Å²) in [6.07, 6.45) is 3.24. The van der Waals surface area contributed by atoms with E-state index in [-0.39, 0.29) is 17.3 Å². The number of hydrogen-bond donors (Lipinski definition) is 2. The molecule has 2 N–H and O–H groups in total. The normalized spacial score (nSPS) is 14.9. The number of aliphatic hydroxyl groups excluding tert-OH is 1. The van der Waals surface area contributed by atoms with Crippen molar-refractivity contribution in [2.45, 2.75) is 12.8 Å². The third kappa shape index (κ3) is 2.86. The van der Waals surface area contributed by atoms with Gasteiger partial charge in [0.15, 0.2) is 5.57 Å². The highest BCUT2D eigenvalue weighted by Crippen LogP contribution is 2.36. The quantitative estimate of drug-likeness (QED) is 0.512. The van der Waals surface area contributed by atoms with Crippen molar-refractivity contribution in [3.05, 3.63) is 54.0 Å². The first kappa shape index (κ1) is 14.0. The van der Waals surface area contributed by atoms with Crippen LogP contribution in [0.4, 0.5) is 5.69 Å². The Morgan fingerprint density at radius 3 is 2.55 bits per heavy atom. The summed E-state index contributed by atoms with van der Waals surface area (Å²) < 4.78 is 5.29. The van der Waals surface area contributed by atoms with E-state index < -0.39 is 5.91 Å². The van der Waals surface area contributed by atoms with Gasteiger partial charge in [0.2, 0.25) is 0 Å². The maximum atomic E-state index is 12.1. The number of anilines is 1. The molecule has 1 aliphatic carbocycles. The second-order valence-corrected chi connectivity index (χ2v) is 5.16. The number of aliphatic hydroxyl groups is 1. The van der Waals surface area contributed by atoms with Crippen LogP contribution in [0, 0.1) is 17.2 Å². The molecule has 1 aromatic heterocycles. The number of carbonyl (C=O) groups excluding carboxylic acids is 1. The molecule has 1 heterocycles. The van der Waals surface area contributed by atoms with Crippen molar-refractivity contribution < 1.29 is 14.3 Å². The molecule has 0 aliphatic heterocycles. The van der Waals surface area contributed by atoms with Gasteiger partial charge in [0.05, 0.1) is 6.26 Å². The standard InChI is InChI=1S/C17H14N2O3/c18-10-14(16(20)12-3-4-12)17(21)19-13-7-5-11(6-8-13)15-2-1-9-22-15/h1-2,5-9,12,20H,3-4H2,(H,19,21)/b16-14-. The van der Waals surface area contributed by atoms with Crippen LogP contribution < -0.4 is 5.32 Å². The molecule has 1 aliphatic rings. The van der Waals surface area contributed by atoms with E-state index in [4.69, 9.17) is 9.68 Å². The largest absolute Gasteiger partial charge is 0.510 e. The van der Waals surface area contributed by atoms with Gasteiger partial charge in [0.1, 0.15) is 17.6 Å². The lowest BCUT2D eigenvalue weighted by atomic mass is 10.1. The molecule has 5 nitrogen and oxygen atoms in total. The lowest BCUT2D eigenvalue weighted by Crippen LogP contribution is -2.15. The lowest BCUT2D eigenvalue weighted by molar-refractivity contribution is -0.112. The summed E-state index contributed by atoms with van der Waals surface area (Å²) in [5, 5.41) is 21.5. The molecular formula is C17H14N2O3. The van der Waals surface area contributed by atoms with Gasteiger partial charge in [-0.15, -0.1) is 0 Å². The fourth-order valence-corrected chi connectivity index (χ4v) is 2.14. The molecule has 1 fully saturated rings. The first-order valence-electron chi connectivity index (χ1n) is 6.97. The molecule has 110 valence electrons. The predicted molar refractivity (Wildman–Crippen MR) is 80.8 cm³/mol. The summed E-state index contributed by atoms with van der Waals surface area (Å²) in [6.45, 7) is 0. The summed E-state index contributed by atoms with van der Waals surface area (Å²) in [6, 6.07) is 12.5. The van der Waals surface area contributed by atoms with Crippen LogP contribution in [0.2, 0.25) is 0 Å². The SMILES string of the molecule is N#C/C(C(=O)Nc1ccc(-c2ccco2)cc1)=C(/O)C1CC1. The van der Waals surface area contributed by atoms with Gasteiger partial charge < -0.3 is 14.8 Å². The molecule has 0 bridgehead atoms. The van der Waals surface area contributed by atoms with E-state index in [1.807, 2.05) is 18.2 Å². The minimum Gasteiger partial charge on any atom is -0.510 e. The second-order valence-electron chi connectivity index (χ2n) is 5.16. The van der Waals surface area contributed by atoms with Gasteiger partial charge in [0, 0.05) is 17.2 Å².